The Morgan fingerprint density at radius 2 is 1.89 bits per heavy atom. The number of aromatic nitrogens is 4. The molecule has 5 rings (SSSR count). The van der Waals surface area contributed by atoms with Crippen LogP contribution in [0.25, 0.3) is 11.5 Å². The maximum Gasteiger partial charge on any atom is 0.433 e. The summed E-state index contributed by atoms with van der Waals surface area (Å²) >= 11 is 0. The average molecular weight is 394 g/mol. The van der Waals surface area contributed by atoms with Crippen molar-refractivity contribution in [2.45, 2.75) is 25.4 Å². The number of piperidine rings is 3. The number of aryl methyl sites for hydroxylation is 1. The lowest BCUT2D eigenvalue weighted by molar-refractivity contribution is -0.141. The summed E-state index contributed by atoms with van der Waals surface area (Å²) in [4.78, 5) is 26.6. The molecule has 2 bridgehead atoms. The molecule has 3 aliphatic heterocycles. The van der Waals surface area contributed by atoms with Gasteiger partial charge in [-0.2, -0.15) is 13.2 Å². The highest BCUT2D eigenvalue weighted by atomic mass is 19.4. The molecule has 7 nitrogen and oxygen atoms in total. The number of halogens is 3. The Morgan fingerprint density at radius 1 is 1.21 bits per heavy atom. The van der Waals surface area contributed by atoms with Gasteiger partial charge in [-0.3, -0.25) is 4.79 Å². The highest BCUT2D eigenvalue weighted by Crippen LogP contribution is 2.39. The Balaban J connectivity index is 1.59. The minimum atomic E-state index is -4.68. The number of hydrogen-bond donors (Lipinski definition) is 1. The molecule has 0 radical (unpaired) electrons. The highest BCUT2D eigenvalue weighted by molar-refractivity contribution is 5.92. The molecule has 10 heteroatoms. The van der Waals surface area contributed by atoms with Crippen LogP contribution in [0.15, 0.2) is 18.6 Å². The van der Waals surface area contributed by atoms with Crippen molar-refractivity contribution in [3.63, 3.8) is 0 Å². The van der Waals surface area contributed by atoms with E-state index in [9.17, 15) is 18.0 Å². The van der Waals surface area contributed by atoms with Gasteiger partial charge >= 0.3 is 6.18 Å². The van der Waals surface area contributed by atoms with E-state index < -0.39 is 17.8 Å². The second-order valence-corrected chi connectivity index (χ2v) is 7.62. The summed E-state index contributed by atoms with van der Waals surface area (Å²) in [5.74, 6) is -0.789. The van der Waals surface area contributed by atoms with Crippen LogP contribution in [0.3, 0.4) is 0 Å². The summed E-state index contributed by atoms with van der Waals surface area (Å²) in [6.07, 6.45) is 1.10. The zero-order valence-corrected chi connectivity index (χ0v) is 15.5. The molecular weight excluding hydrogens is 373 g/mol. The summed E-state index contributed by atoms with van der Waals surface area (Å²) in [5, 5.41) is 2.81. The lowest BCUT2D eigenvalue weighted by Gasteiger charge is -2.48. The van der Waals surface area contributed by atoms with E-state index in [4.69, 9.17) is 0 Å². The molecule has 3 saturated heterocycles. The first-order chi connectivity index (χ1) is 13.3. The van der Waals surface area contributed by atoms with Crippen molar-refractivity contribution in [3.8, 4) is 11.5 Å². The van der Waals surface area contributed by atoms with E-state index in [0.29, 0.717) is 18.3 Å². The average Bonchev–Trinajstić information content (AvgIpc) is 3.12. The van der Waals surface area contributed by atoms with Gasteiger partial charge in [0.05, 0.1) is 12.5 Å². The maximum absolute atomic E-state index is 13.3. The third-order valence-corrected chi connectivity index (χ3v) is 5.79. The second kappa shape index (κ2) is 6.84. The predicted molar refractivity (Wildman–Crippen MR) is 94.3 cm³/mol. The summed E-state index contributed by atoms with van der Waals surface area (Å²) in [6.45, 7) is 3.47. The Bertz CT molecular complexity index is 872. The smallest absolute Gasteiger partial charge is 0.350 e. The molecule has 0 aromatic carbocycles. The molecule has 28 heavy (non-hydrogen) atoms. The highest BCUT2D eigenvalue weighted by Gasteiger charge is 2.40. The van der Waals surface area contributed by atoms with E-state index in [1.54, 1.807) is 7.05 Å². The first-order valence-corrected chi connectivity index (χ1v) is 9.19. The molecule has 0 unspecified atom stereocenters. The molecule has 5 heterocycles. The van der Waals surface area contributed by atoms with Gasteiger partial charge in [-0.15, -0.1) is 0 Å². The summed E-state index contributed by atoms with van der Waals surface area (Å²) in [6, 6.07) is 0.705. The van der Waals surface area contributed by atoms with Gasteiger partial charge in [0.1, 0.15) is 17.1 Å². The SMILES string of the molecule is Cn1cncc1-c1nc(C(=O)NCC23CCN(CC2)CC3)cc(C(F)(F)F)n1. The van der Waals surface area contributed by atoms with Gasteiger partial charge in [0, 0.05) is 19.7 Å². The van der Waals surface area contributed by atoms with Crippen molar-refractivity contribution in [1.82, 2.24) is 29.7 Å². The lowest BCUT2D eigenvalue weighted by Crippen LogP contribution is -2.52. The van der Waals surface area contributed by atoms with E-state index in [-0.39, 0.29) is 16.9 Å². The number of amides is 1. The van der Waals surface area contributed by atoms with E-state index in [2.05, 4.69) is 25.2 Å². The summed E-state index contributed by atoms with van der Waals surface area (Å²) in [7, 11) is 1.63. The van der Waals surface area contributed by atoms with E-state index in [1.165, 1.54) is 17.1 Å². The number of fused-ring (bicyclic) bond motifs is 3. The Hall–Kier alpha value is -2.49. The molecule has 0 saturated carbocycles. The van der Waals surface area contributed by atoms with Crippen LogP contribution in [0.1, 0.15) is 35.4 Å². The fraction of sp³-hybridized carbons (Fsp3) is 0.556. The van der Waals surface area contributed by atoms with Crippen molar-refractivity contribution in [2.24, 2.45) is 12.5 Å². The van der Waals surface area contributed by atoms with Gasteiger partial charge in [-0.05, 0) is 44.3 Å². The number of rotatable bonds is 4. The number of hydrogen-bond acceptors (Lipinski definition) is 5. The topological polar surface area (TPSA) is 75.9 Å². The van der Waals surface area contributed by atoms with Crippen molar-refractivity contribution < 1.29 is 18.0 Å². The molecule has 0 aliphatic carbocycles. The van der Waals surface area contributed by atoms with Crippen LogP contribution < -0.4 is 5.32 Å². The molecule has 2 aromatic heterocycles. The molecular formula is C18H21F3N6O. The first kappa shape index (κ1) is 18.9. The largest absolute Gasteiger partial charge is 0.433 e. The standard InChI is InChI=1S/C18H21F3N6O/c1-26-11-22-9-13(26)15-24-12(8-14(25-15)18(19,20)21)16(28)23-10-17-2-5-27(6-3-17)7-4-17/h8-9,11H,2-7,10H2,1H3,(H,23,28). The fourth-order valence-electron chi connectivity index (χ4n) is 3.92. The van der Waals surface area contributed by atoms with Crippen molar-refractivity contribution in [2.75, 3.05) is 26.2 Å². The van der Waals surface area contributed by atoms with E-state index in [0.717, 1.165) is 38.9 Å². The van der Waals surface area contributed by atoms with Gasteiger partial charge in [-0.25, -0.2) is 15.0 Å². The Morgan fingerprint density at radius 3 is 2.46 bits per heavy atom. The first-order valence-electron chi connectivity index (χ1n) is 9.19. The van der Waals surface area contributed by atoms with Gasteiger partial charge in [-0.1, -0.05) is 0 Å². The number of nitrogens with zero attached hydrogens (tertiary/aromatic N) is 5. The van der Waals surface area contributed by atoms with Crippen LogP contribution >= 0.6 is 0 Å². The molecule has 3 fully saturated rings. The number of nitrogens with one attached hydrogen (secondary N) is 1. The van der Waals surface area contributed by atoms with Crippen LogP contribution in [-0.2, 0) is 13.2 Å². The Labute approximate surface area is 160 Å². The van der Waals surface area contributed by atoms with E-state index >= 15 is 0 Å². The minimum absolute atomic E-state index is 0.0369. The van der Waals surface area contributed by atoms with Crippen LogP contribution in [0.4, 0.5) is 13.2 Å². The normalized spacial score (nSPS) is 24.4. The number of carbonyl (C=O) groups is 1. The van der Waals surface area contributed by atoms with Crippen LogP contribution in [0, 0.1) is 5.41 Å². The van der Waals surface area contributed by atoms with Crippen LogP contribution in [0.2, 0.25) is 0 Å². The number of carbonyl (C=O) groups excluding carboxylic acids is 1. The summed E-state index contributed by atoms with van der Waals surface area (Å²) in [5.41, 5.74) is -1.09. The summed E-state index contributed by atoms with van der Waals surface area (Å²) < 4.78 is 41.4. The lowest BCUT2D eigenvalue weighted by atomic mass is 9.72. The number of imidazole rings is 1. The van der Waals surface area contributed by atoms with Crippen LogP contribution in [-0.4, -0.2) is 56.5 Å². The quantitative estimate of drug-likeness (QED) is 0.860. The van der Waals surface area contributed by atoms with Gasteiger partial charge in [0.2, 0.25) is 0 Å². The molecule has 2 aromatic rings. The predicted octanol–water partition coefficient (Wildman–Crippen LogP) is 2.11. The number of alkyl halides is 3. The molecule has 150 valence electrons. The second-order valence-electron chi connectivity index (χ2n) is 7.62. The fourth-order valence-corrected chi connectivity index (χ4v) is 3.92. The van der Waals surface area contributed by atoms with Crippen LogP contribution in [0.5, 0.6) is 0 Å². The third kappa shape index (κ3) is 3.60. The van der Waals surface area contributed by atoms with Gasteiger partial charge in [0.25, 0.3) is 5.91 Å². The van der Waals surface area contributed by atoms with Gasteiger partial charge < -0.3 is 14.8 Å². The maximum atomic E-state index is 13.3. The molecule has 0 atom stereocenters. The van der Waals surface area contributed by atoms with Crippen molar-refractivity contribution in [3.05, 3.63) is 30.0 Å². The molecule has 1 N–H and O–H groups in total. The molecule has 3 aliphatic rings. The minimum Gasteiger partial charge on any atom is -0.350 e. The zero-order valence-electron chi connectivity index (χ0n) is 15.5. The Kier molecular flexibility index (Phi) is 4.60. The third-order valence-electron chi connectivity index (χ3n) is 5.79. The zero-order chi connectivity index (χ0) is 19.9. The van der Waals surface area contributed by atoms with Gasteiger partial charge in [0.15, 0.2) is 5.82 Å². The van der Waals surface area contributed by atoms with Crippen molar-refractivity contribution >= 4 is 5.91 Å². The molecule has 1 amide bonds. The molecule has 0 spiro atoms. The van der Waals surface area contributed by atoms with Crippen molar-refractivity contribution in [1.29, 1.82) is 0 Å². The van der Waals surface area contributed by atoms with E-state index in [1.807, 2.05) is 0 Å². The monoisotopic (exact) mass is 394 g/mol.